The highest BCUT2D eigenvalue weighted by Crippen LogP contribution is 2.04. The molecule has 1 rings (SSSR count). The van der Waals surface area contributed by atoms with Crippen LogP contribution in [0.25, 0.3) is 0 Å². The van der Waals surface area contributed by atoms with E-state index in [-0.39, 0.29) is 0 Å². The smallest absolute Gasteiger partial charge is 0.191 e. The molecule has 20 heavy (non-hydrogen) atoms. The molecule has 0 aromatic carbocycles. The average molecular weight is 279 g/mol. The number of hydrogen-bond acceptors (Lipinski definition) is 2. The minimum atomic E-state index is 0.418. The van der Waals surface area contributed by atoms with Crippen molar-refractivity contribution in [2.75, 3.05) is 19.6 Å². The Morgan fingerprint density at radius 3 is 2.60 bits per heavy atom. The highest BCUT2D eigenvalue weighted by Gasteiger charge is 2.03. The maximum Gasteiger partial charge on any atom is 0.191 e. The minimum absolute atomic E-state index is 0.418. The van der Waals surface area contributed by atoms with Gasteiger partial charge in [0.15, 0.2) is 5.96 Å². The first-order chi connectivity index (χ1) is 9.52. The molecular formula is C15H29N5. The zero-order chi connectivity index (χ0) is 15.0. The summed E-state index contributed by atoms with van der Waals surface area (Å²) >= 11 is 0. The molecule has 0 aliphatic carbocycles. The predicted molar refractivity (Wildman–Crippen MR) is 85.1 cm³/mol. The van der Waals surface area contributed by atoms with E-state index in [1.165, 1.54) is 0 Å². The van der Waals surface area contributed by atoms with E-state index in [1.807, 2.05) is 10.9 Å². The van der Waals surface area contributed by atoms with E-state index in [4.69, 9.17) is 0 Å². The lowest BCUT2D eigenvalue weighted by Gasteiger charge is -2.11. The molecule has 1 aromatic rings. The van der Waals surface area contributed by atoms with Crippen LogP contribution < -0.4 is 10.6 Å². The molecular weight excluding hydrogens is 250 g/mol. The molecule has 0 spiro atoms. The van der Waals surface area contributed by atoms with E-state index in [0.717, 1.165) is 37.7 Å². The fraction of sp³-hybridized carbons (Fsp3) is 0.733. The van der Waals surface area contributed by atoms with Crippen molar-refractivity contribution in [2.24, 2.45) is 10.9 Å². The zero-order valence-electron chi connectivity index (χ0n) is 13.5. The average Bonchev–Trinajstić information content (AvgIpc) is 2.85. The second-order valence-electron chi connectivity index (χ2n) is 5.67. The summed E-state index contributed by atoms with van der Waals surface area (Å²) in [7, 11) is 0. The molecule has 1 heterocycles. The summed E-state index contributed by atoms with van der Waals surface area (Å²) in [6.07, 6.45) is 2.95. The van der Waals surface area contributed by atoms with Crippen molar-refractivity contribution in [3.63, 3.8) is 0 Å². The standard InChI is InChI=1S/C15H29N5/c1-6-16-15(18-11-12(2)3)17-9-7-14-8-10-20(19-14)13(4)5/h8,10,12-13H,6-7,9,11H2,1-5H3,(H2,16,17,18). The summed E-state index contributed by atoms with van der Waals surface area (Å²) in [5, 5.41) is 11.2. The lowest BCUT2D eigenvalue weighted by molar-refractivity contribution is 0.526. The number of nitrogens with zero attached hydrogens (tertiary/aromatic N) is 3. The molecule has 0 saturated heterocycles. The molecule has 5 heteroatoms. The molecule has 114 valence electrons. The predicted octanol–water partition coefficient (Wildman–Crippen LogP) is 2.22. The van der Waals surface area contributed by atoms with E-state index in [1.54, 1.807) is 0 Å². The van der Waals surface area contributed by atoms with Gasteiger partial charge in [0.05, 0.1) is 5.69 Å². The fourth-order valence-corrected chi connectivity index (χ4v) is 1.72. The van der Waals surface area contributed by atoms with E-state index in [2.05, 4.69) is 61.4 Å². The highest BCUT2D eigenvalue weighted by atomic mass is 15.3. The van der Waals surface area contributed by atoms with E-state index >= 15 is 0 Å². The molecule has 1 aromatic heterocycles. The first-order valence-corrected chi connectivity index (χ1v) is 7.59. The van der Waals surface area contributed by atoms with Gasteiger partial charge in [0.1, 0.15) is 0 Å². The minimum Gasteiger partial charge on any atom is -0.357 e. The molecule has 0 atom stereocenters. The first kappa shape index (κ1) is 16.5. The van der Waals surface area contributed by atoms with Crippen molar-refractivity contribution in [1.29, 1.82) is 0 Å². The quantitative estimate of drug-likeness (QED) is 0.594. The normalized spacial score (nSPS) is 12.2. The number of aliphatic imine (C=N–C) groups is 1. The second kappa shape index (κ2) is 8.61. The van der Waals surface area contributed by atoms with Crippen LogP contribution in [0, 0.1) is 5.92 Å². The van der Waals surface area contributed by atoms with Crippen LogP contribution >= 0.6 is 0 Å². The topological polar surface area (TPSA) is 54.2 Å². The van der Waals surface area contributed by atoms with E-state index in [9.17, 15) is 0 Å². The Labute approximate surface area is 122 Å². The first-order valence-electron chi connectivity index (χ1n) is 7.59. The third kappa shape index (κ3) is 6.08. The van der Waals surface area contributed by atoms with Crippen molar-refractivity contribution in [2.45, 2.75) is 47.1 Å². The van der Waals surface area contributed by atoms with E-state index < -0.39 is 0 Å². The molecule has 5 nitrogen and oxygen atoms in total. The maximum atomic E-state index is 4.55. The molecule has 0 radical (unpaired) electrons. The fourth-order valence-electron chi connectivity index (χ4n) is 1.72. The van der Waals surface area contributed by atoms with Crippen molar-refractivity contribution in [1.82, 2.24) is 20.4 Å². The lowest BCUT2D eigenvalue weighted by Crippen LogP contribution is -2.38. The van der Waals surface area contributed by atoms with Gasteiger partial charge >= 0.3 is 0 Å². The Bertz CT molecular complexity index is 406. The molecule has 0 aliphatic rings. The molecule has 0 fully saturated rings. The molecule has 0 aliphatic heterocycles. The summed E-state index contributed by atoms with van der Waals surface area (Å²) in [5.74, 6) is 1.47. The molecule has 0 amide bonds. The van der Waals surface area contributed by atoms with Gasteiger partial charge in [-0.1, -0.05) is 13.8 Å². The Hall–Kier alpha value is -1.52. The highest BCUT2D eigenvalue weighted by molar-refractivity contribution is 5.79. The number of guanidine groups is 1. The van der Waals surface area contributed by atoms with Gasteiger partial charge in [0, 0.05) is 38.3 Å². The van der Waals surface area contributed by atoms with Crippen LogP contribution in [-0.4, -0.2) is 35.4 Å². The zero-order valence-corrected chi connectivity index (χ0v) is 13.5. The van der Waals surface area contributed by atoms with Gasteiger partial charge in [0.25, 0.3) is 0 Å². The van der Waals surface area contributed by atoms with Gasteiger partial charge in [-0.15, -0.1) is 0 Å². The summed E-state index contributed by atoms with van der Waals surface area (Å²) in [6.45, 7) is 13.3. The van der Waals surface area contributed by atoms with Crippen LogP contribution in [0.4, 0.5) is 0 Å². The van der Waals surface area contributed by atoms with Crippen molar-refractivity contribution in [3.05, 3.63) is 18.0 Å². The third-order valence-corrected chi connectivity index (χ3v) is 2.83. The van der Waals surface area contributed by atoms with Crippen LogP contribution in [0.1, 0.15) is 46.4 Å². The maximum absolute atomic E-state index is 4.55. The van der Waals surface area contributed by atoms with Gasteiger partial charge in [0.2, 0.25) is 0 Å². The molecule has 2 N–H and O–H groups in total. The summed E-state index contributed by atoms with van der Waals surface area (Å²) in [6, 6.07) is 2.50. The number of rotatable bonds is 7. The number of aromatic nitrogens is 2. The molecule has 0 bridgehead atoms. The van der Waals surface area contributed by atoms with Crippen LogP contribution in [0.2, 0.25) is 0 Å². The monoisotopic (exact) mass is 279 g/mol. The second-order valence-corrected chi connectivity index (χ2v) is 5.67. The molecule has 0 saturated carbocycles. The van der Waals surface area contributed by atoms with Crippen molar-refractivity contribution < 1.29 is 0 Å². The Kier molecular flexibility index (Phi) is 7.12. The van der Waals surface area contributed by atoms with Crippen LogP contribution in [0.3, 0.4) is 0 Å². The van der Waals surface area contributed by atoms with Crippen molar-refractivity contribution in [3.8, 4) is 0 Å². The largest absolute Gasteiger partial charge is 0.357 e. The lowest BCUT2D eigenvalue weighted by atomic mass is 10.2. The summed E-state index contributed by atoms with van der Waals surface area (Å²) < 4.78 is 1.99. The van der Waals surface area contributed by atoms with Crippen LogP contribution in [0.15, 0.2) is 17.3 Å². The SMILES string of the molecule is CCNC(=NCC(C)C)NCCc1ccn(C(C)C)n1. The molecule has 0 unspecified atom stereocenters. The Morgan fingerprint density at radius 1 is 1.30 bits per heavy atom. The van der Waals surface area contributed by atoms with Crippen molar-refractivity contribution >= 4 is 5.96 Å². The van der Waals surface area contributed by atoms with Crippen LogP contribution in [0.5, 0.6) is 0 Å². The number of nitrogens with one attached hydrogen (secondary N) is 2. The van der Waals surface area contributed by atoms with Gasteiger partial charge in [-0.2, -0.15) is 5.10 Å². The Morgan fingerprint density at radius 2 is 2.05 bits per heavy atom. The Balaban J connectivity index is 2.41. The summed E-state index contributed by atoms with van der Waals surface area (Å²) in [4.78, 5) is 4.55. The number of hydrogen-bond donors (Lipinski definition) is 2. The van der Waals surface area contributed by atoms with E-state index in [0.29, 0.717) is 12.0 Å². The summed E-state index contributed by atoms with van der Waals surface area (Å²) in [5.41, 5.74) is 1.12. The van der Waals surface area contributed by atoms with Gasteiger partial charge in [-0.25, -0.2) is 0 Å². The van der Waals surface area contributed by atoms with Crippen LogP contribution in [-0.2, 0) is 6.42 Å². The van der Waals surface area contributed by atoms with Gasteiger partial charge < -0.3 is 10.6 Å². The third-order valence-electron chi connectivity index (χ3n) is 2.83. The van der Waals surface area contributed by atoms with Gasteiger partial charge in [-0.3, -0.25) is 9.67 Å². The van der Waals surface area contributed by atoms with Gasteiger partial charge in [-0.05, 0) is 32.8 Å².